The van der Waals surface area contributed by atoms with Crippen LogP contribution in [0.1, 0.15) is 12.0 Å². The van der Waals surface area contributed by atoms with Crippen LogP contribution in [-0.4, -0.2) is 23.0 Å². The summed E-state index contributed by atoms with van der Waals surface area (Å²) in [5.74, 6) is 0.791. The van der Waals surface area contributed by atoms with Gasteiger partial charge in [0.05, 0.1) is 18.1 Å². The molecule has 0 bridgehead atoms. The summed E-state index contributed by atoms with van der Waals surface area (Å²) >= 11 is 0. The van der Waals surface area contributed by atoms with E-state index in [4.69, 9.17) is 4.74 Å². The van der Waals surface area contributed by atoms with Crippen LogP contribution >= 0.6 is 0 Å². The van der Waals surface area contributed by atoms with Gasteiger partial charge in [0, 0.05) is 24.5 Å². The average Bonchev–Trinajstić information content (AvgIpc) is 2.60. The Hall–Kier alpha value is -2.95. The molecule has 116 valence electrons. The number of aromatic nitrogens is 2. The largest absolute Gasteiger partial charge is 0.497 e. The third kappa shape index (κ3) is 3.83. The molecule has 0 aliphatic heterocycles. The number of ether oxygens (including phenoxy) is 1. The maximum absolute atomic E-state index is 12.1. The Kier molecular flexibility index (Phi) is 4.47. The molecule has 5 nitrogen and oxygen atoms in total. The van der Waals surface area contributed by atoms with Crippen molar-refractivity contribution >= 4 is 22.6 Å². The van der Waals surface area contributed by atoms with Crippen molar-refractivity contribution in [1.82, 2.24) is 9.97 Å². The van der Waals surface area contributed by atoms with E-state index in [1.165, 1.54) is 0 Å². The second kappa shape index (κ2) is 6.87. The molecule has 0 fully saturated rings. The molecule has 3 aromatic rings. The maximum atomic E-state index is 12.1. The normalized spacial score (nSPS) is 10.5. The first-order valence-electron chi connectivity index (χ1n) is 7.38. The monoisotopic (exact) mass is 307 g/mol. The van der Waals surface area contributed by atoms with Crippen LogP contribution in [0.5, 0.6) is 5.75 Å². The van der Waals surface area contributed by atoms with Gasteiger partial charge in [0.25, 0.3) is 0 Å². The van der Waals surface area contributed by atoms with E-state index in [1.54, 1.807) is 19.5 Å². The number of nitrogens with zero attached hydrogens (tertiary/aromatic N) is 2. The molecule has 0 saturated heterocycles. The number of carbonyl (C=O) groups excluding carboxylic acids is 1. The number of fused-ring (bicyclic) bond motifs is 1. The molecule has 23 heavy (non-hydrogen) atoms. The Morgan fingerprint density at radius 1 is 1.04 bits per heavy atom. The van der Waals surface area contributed by atoms with E-state index in [2.05, 4.69) is 15.3 Å². The van der Waals surface area contributed by atoms with Gasteiger partial charge in [-0.05, 0) is 42.3 Å². The molecule has 0 spiro atoms. The summed E-state index contributed by atoms with van der Waals surface area (Å²) in [7, 11) is 1.64. The van der Waals surface area contributed by atoms with E-state index in [0.29, 0.717) is 12.8 Å². The Morgan fingerprint density at radius 2 is 1.78 bits per heavy atom. The van der Waals surface area contributed by atoms with Crippen molar-refractivity contribution in [2.75, 3.05) is 12.4 Å². The van der Waals surface area contributed by atoms with Gasteiger partial charge in [-0.1, -0.05) is 12.1 Å². The third-order valence-corrected chi connectivity index (χ3v) is 3.55. The van der Waals surface area contributed by atoms with Crippen molar-refractivity contribution in [3.05, 3.63) is 60.4 Å². The van der Waals surface area contributed by atoms with Crippen LogP contribution < -0.4 is 10.1 Å². The van der Waals surface area contributed by atoms with Crippen molar-refractivity contribution in [2.45, 2.75) is 12.8 Å². The Bertz CT molecular complexity index is 816. The molecule has 0 unspecified atom stereocenters. The lowest BCUT2D eigenvalue weighted by atomic mass is 10.1. The first kappa shape index (κ1) is 15.0. The number of carbonyl (C=O) groups is 1. The summed E-state index contributed by atoms with van der Waals surface area (Å²) in [6, 6.07) is 13.2. The molecule has 1 N–H and O–H groups in total. The van der Waals surface area contributed by atoms with E-state index in [1.807, 2.05) is 42.5 Å². The predicted molar refractivity (Wildman–Crippen MR) is 89.5 cm³/mol. The number of amides is 1. The van der Waals surface area contributed by atoms with Gasteiger partial charge in [0.2, 0.25) is 5.91 Å². The fourth-order valence-corrected chi connectivity index (χ4v) is 2.31. The van der Waals surface area contributed by atoms with Crippen molar-refractivity contribution in [2.24, 2.45) is 0 Å². The van der Waals surface area contributed by atoms with E-state index >= 15 is 0 Å². The number of aryl methyl sites for hydroxylation is 1. The Balaban J connectivity index is 1.59. The van der Waals surface area contributed by atoms with Crippen LogP contribution in [0, 0.1) is 0 Å². The van der Waals surface area contributed by atoms with Crippen molar-refractivity contribution in [1.29, 1.82) is 0 Å². The van der Waals surface area contributed by atoms with Gasteiger partial charge in [0.1, 0.15) is 5.75 Å². The number of nitrogens with one attached hydrogen (secondary N) is 1. The predicted octanol–water partition coefficient (Wildman–Crippen LogP) is 3.21. The summed E-state index contributed by atoms with van der Waals surface area (Å²) in [5.41, 5.74) is 3.41. The zero-order chi connectivity index (χ0) is 16.1. The van der Waals surface area contributed by atoms with Crippen LogP contribution in [-0.2, 0) is 11.2 Å². The number of methoxy groups -OCH3 is 1. The lowest BCUT2D eigenvalue weighted by Gasteiger charge is -2.07. The standard InChI is InChI=1S/C18H17N3O2/c1-23-15-6-2-13(3-7-15)4-9-18(22)21-14-5-8-16-17(12-14)20-11-10-19-16/h2-3,5-8,10-12H,4,9H2,1H3,(H,21,22). The minimum Gasteiger partial charge on any atom is -0.497 e. The molecule has 0 aliphatic carbocycles. The first-order valence-corrected chi connectivity index (χ1v) is 7.38. The molecular weight excluding hydrogens is 290 g/mol. The molecule has 1 amide bonds. The third-order valence-electron chi connectivity index (χ3n) is 3.55. The SMILES string of the molecule is COc1ccc(CCC(=O)Nc2ccc3nccnc3c2)cc1. The van der Waals surface area contributed by atoms with Crippen LogP contribution in [0.2, 0.25) is 0 Å². The van der Waals surface area contributed by atoms with Crippen molar-refractivity contribution < 1.29 is 9.53 Å². The van der Waals surface area contributed by atoms with Crippen LogP contribution in [0.4, 0.5) is 5.69 Å². The summed E-state index contributed by atoms with van der Waals surface area (Å²) in [6.07, 6.45) is 4.39. The molecule has 1 aromatic heterocycles. The molecule has 1 heterocycles. The summed E-state index contributed by atoms with van der Waals surface area (Å²) < 4.78 is 5.12. The van der Waals surface area contributed by atoms with Crippen LogP contribution in [0.25, 0.3) is 11.0 Å². The zero-order valence-corrected chi connectivity index (χ0v) is 12.8. The van der Waals surface area contributed by atoms with Gasteiger partial charge in [-0.25, -0.2) is 0 Å². The molecule has 0 aliphatic rings. The number of hydrogen-bond acceptors (Lipinski definition) is 4. The van der Waals surface area contributed by atoms with E-state index in [9.17, 15) is 4.79 Å². The lowest BCUT2D eigenvalue weighted by molar-refractivity contribution is -0.116. The van der Waals surface area contributed by atoms with Gasteiger partial charge in [-0.3, -0.25) is 14.8 Å². The zero-order valence-electron chi connectivity index (χ0n) is 12.8. The first-order chi connectivity index (χ1) is 11.2. The number of benzene rings is 2. The number of anilines is 1. The highest BCUT2D eigenvalue weighted by Crippen LogP contribution is 2.16. The summed E-state index contributed by atoms with van der Waals surface area (Å²) in [6.45, 7) is 0. The van der Waals surface area contributed by atoms with Crippen LogP contribution in [0.3, 0.4) is 0 Å². The molecule has 0 radical (unpaired) electrons. The Labute approximate surface area is 134 Å². The smallest absolute Gasteiger partial charge is 0.224 e. The van der Waals surface area contributed by atoms with Gasteiger partial charge in [-0.2, -0.15) is 0 Å². The minimum atomic E-state index is -0.0240. The van der Waals surface area contributed by atoms with Gasteiger partial charge < -0.3 is 10.1 Å². The van der Waals surface area contributed by atoms with E-state index < -0.39 is 0 Å². The van der Waals surface area contributed by atoms with Crippen molar-refractivity contribution in [3.63, 3.8) is 0 Å². The Morgan fingerprint density at radius 3 is 2.52 bits per heavy atom. The number of rotatable bonds is 5. The molecule has 0 saturated carbocycles. The highest BCUT2D eigenvalue weighted by molar-refractivity contribution is 5.93. The highest BCUT2D eigenvalue weighted by atomic mass is 16.5. The van der Waals surface area contributed by atoms with Gasteiger partial charge >= 0.3 is 0 Å². The average molecular weight is 307 g/mol. The minimum absolute atomic E-state index is 0.0240. The van der Waals surface area contributed by atoms with Crippen molar-refractivity contribution in [3.8, 4) is 5.75 Å². The highest BCUT2D eigenvalue weighted by Gasteiger charge is 2.05. The van der Waals surface area contributed by atoms with Gasteiger partial charge in [-0.15, -0.1) is 0 Å². The molecule has 0 atom stereocenters. The van der Waals surface area contributed by atoms with Crippen LogP contribution in [0.15, 0.2) is 54.9 Å². The molecular formula is C18H17N3O2. The molecule has 5 heteroatoms. The quantitative estimate of drug-likeness (QED) is 0.786. The summed E-state index contributed by atoms with van der Waals surface area (Å²) in [5, 5.41) is 2.90. The lowest BCUT2D eigenvalue weighted by Crippen LogP contribution is -2.12. The number of hydrogen-bond donors (Lipinski definition) is 1. The maximum Gasteiger partial charge on any atom is 0.224 e. The van der Waals surface area contributed by atoms with E-state index in [0.717, 1.165) is 28.0 Å². The second-order valence-corrected chi connectivity index (χ2v) is 5.16. The summed E-state index contributed by atoms with van der Waals surface area (Å²) in [4.78, 5) is 20.5. The van der Waals surface area contributed by atoms with E-state index in [-0.39, 0.29) is 5.91 Å². The molecule has 3 rings (SSSR count). The van der Waals surface area contributed by atoms with Gasteiger partial charge in [0.15, 0.2) is 0 Å². The fourth-order valence-electron chi connectivity index (χ4n) is 2.31. The topological polar surface area (TPSA) is 64.1 Å². The second-order valence-electron chi connectivity index (χ2n) is 5.16. The fraction of sp³-hybridized carbons (Fsp3) is 0.167. The molecule has 2 aromatic carbocycles.